The number of carbonyl (C=O) groups excluding carboxylic acids is 1. The van der Waals surface area contributed by atoms with E-state index in [1.54, 1.807) is 0 Å². The minimum absolute atomic E-state index is 0.157. The number of pyridine rings is 1. The van der Waals surface area contributed by atoms with Crippen molar-refractivity contribution in [3.8, 4) is 0 Å². The zero-order chi connectivity index (χ0) is 13.8. The van der Waals surface area contributed by atoms with Crippen LogP contribution in [0.5, 0.6) is 0 Å². The Kier molecular flexibility index (Phi) is 8.69. The second kappa shape index (κ2) is 10.5. The Morgan fingerprint density at radius 3 is 2.26 bits per heavy atom. The highest BCUT2D eigenvalue weighted by Crippen LogP contribution is 2.08. The zero-order valence-corrected chi connectivity index (χ0v) is 12.1. The molecule has 1 amide bonds. The summed E-state index contributed by atoms with van der Waals surface area (Å²) in [6.45, 7) is 2.80. The van der Waals surface area contributed by atoms with E-state index in [9.17, 15) is 4.79 Å². The van der Waals surface area contributed by atoms with Crippen LogP contribution < -0.4 is 9.88 Å². The van der Waals surface area contributed by atoms with Gasteiger partial charge in [0.2, 0.25) is 12.6 Å². The Morgan fingerprint density at radius 1 is 0.947 bits per heavy atom. The smallest absolute Gasteiger partial charge is 0.224 e. The van der Waals surface area contributed by atoms with E-state index in [0.717, 1.165) is 6.42 Å². The normalized spacial score (nSPS) is 10.4. The summed E-state index contributed by atoms with van der Waals surface area (Å²) in [6, 6.07) is 5.89. The van der Waals surface area contributed by atoms with E-state index in [1.807, 2.05) is 35.2 Å². The summed E-state index contributed by atoms with van der Waals surface area (Å²) >= 11 is 0. The van der Waals surface area contributed by atoms with Crippen LogP contribution in [0.3, 0.4) is 0 Å². The van der Waals surface area contributed by atoms with Crippen molar-refractivity contribution >= 4 is 5.91 Å². The van der Waals surface area contributed by atoms with Gasteiger partial charge in [-0.2, -0.15) is 4.57 Å². The maximum absolute atomic E-state index is 11.6. The lowest BCUT2D eigenvalue weighted by atomic mass is 10.1. The third-order valence-electron chi connectivity index (χ3n) is 3.24. The summed E-state index contributed by atoms with van der Waals surface area (Å²) in [4.78, 5) is 11.6. The fourth-order valence-corrected chi connectivity index (χ4v) is 2.05. The van der Waals surface area contributed by atoms with Crippen molar-refractivity contribution < 1.29 is 9.36 Å². The summed E-state index contributed by atoms with van der Waals surface area (Å²) in [7, 11) is 0. The number of hydrogen-bond donors (Lipinski definition) is 1. The molecule has 0 aliphatic heterocycles. The highest BCUT2D eigenvalue weighted by atomic mass is 16.1. The SMILES string of the molecule is CCCCCCCCCC(=O)NC[n+]1ccccc1. The minimum atomic E-state index is 0.157. The van der Waals surface area contributed by atoms with Crippen LogP contribution in [0.1, 0.15) is 58.3 Å². The number of unbranched alkanes of at least 4 members (excludes halogenated alkanes) is 6. The zero-order valence-electron chi connectivity index (χ0n) is 12.1. The highest BCUT2D eigenvalue weighted by molar-refractivity contribution is 5.75. The second-order valence-corrected chi connectivity index (χ2v) is 5.02. The molecule has 1 aromatic rings. The summed E-state index contributed by atoms with van der Waals surface area (Å²) in [5.41, 5.74) is 0. The van der Waals surface area contributed by atoms with Gasteiger partial charge in [-0.15, -0.1) is 0 Å². The third kappa shape index (κ3) is 8.36. The lowest BCUT2D eigenvalue weighted by molar-refractivity contribution is -0.700. The van der Waals surface area contributed by atoms with Crippen molar-refractivity contribution in [1.82, 2.24) is 5.32 Å². The molecule has 1 aromatic heterocycles. The topological polar surface area (TPSA) is 33.0 Å². The molecular weight excluding hydrogens is 236 g/mol. The van der Waals surface area contributed by atoms with Crippen molar-refractivity contribution in [3.05, 3.63) is 30.6 Å². The molecule has 0 unspecified atom stereocenters. The van der Waals surface area contributed by atoms with Gasteiger partial charge in [0.05, 0.1) is 0 Å². The molecule has 0 saturated carbocycles. The van der Waals surface area contributed by atoms with E-state index >= 15 is 0 Å². The third-order valence-corrected chi connectivity index (χ3v) is 3.24. The molecular formula is C16H27N2O+. The summed E-state index contributed by atoms with van der Waals surface area (Å²) < 4.78 is 1.96. The van der Waals surface area contributed by atoms with Crippen LogP contribution in [0.4, 0.5) is 0 Å². The van der Waals surface area contributed by atoms with Crippen LogP contribution in [-0.4, -0.2) is 5.91 Å². The fourth-order valence-electron chi connectivity index (χ4n) is 2.05. The van der Waals surface area contributed by atoms with Gasteiger partial charge in [0.25, 0.3) is 0 Å². The lowest BCUT2D eigenvalue weighted by Crippen LogP contribution is -2.42. The van der Waals surface area contributed by atoms with Gasteiger partial charge in [0, 0.05) is 18.6 Å². The monoisotopic (exact) mass is 263 g/mol. The molecule has 0 aliphatic carbocycles. The van der Waals surface area contributed by atoms with Crippen LogP contribution >= 0.6 is 0 Å². The van der Waals surface area contributed by atoms with Gasteiger partial charge in [-0.3, -0.25) is 4.79 Å². The number of carbonyl (C=O) groups is 1. The van der Waals surface area contributed by atoms with Gasteiger partial charge in [-0.25, -0.2) is 0 Å². The molecule has 3 heteroatoms. The average molecular weight is 263 g/mol. The molecule has 1 rings (SSSR count). The largest absolute Gasteiger partial charge is 0.301 e. The molecule has 3 nitrogen and oxygen atoms in total. The van der Waals surface area contributed by atoms with Crippen molar-refractivity contribution in [2.24, 2.45) is 0 Å². The number of aromatic nitrogens is 1. The molecule has 0 fully saturated rings. The predicted molar refractivity (Wildman–Crippen MR) is 77.4 cm³/mol. The highest BCUT2D eigenvalue weighted by Gasteiger charge is 2.03. The van der Waals surface area contributed by atoms with E-state index in [0.29, 0.717) is 13.1 Å². The first-order valence-electron chi connectivity index (χ1n) is 7.53. The van der Waals surface area contributed by atoms with E-state index in [-0.39, 0.29) is 5.91 Å². The molecule has 106 valence electrons. The number of rotatable bonds is 10. The Bertz CT molecular complexity index is 338. The summed E-state index contributed by atoms with van der Waals surface area (Å²) in [5.74, 6) is 0.157. The van der Waals surface area contributed by atoms with Gasteiger partial charge in [0.1, 0.15) is 0 Å². The van der Waals surface area contributed by atoms with Gasteiger partial charge in [0.15, 0.2) is 12.4 Å². The molecule has 0 atom stereocenters. The quantitative estimate of drug-likeness (QED) is 0.510. The average Bonchev–Trinajstić information content (AvgIpc) is 2.45. The van der Waals surface area contributed by atoms with Crippen molar-refractivity contribution in [2.75, 3.05) is 0 Å². The minimum Gasteiger partial charge on any atom is -0.301 e. The first kappa shape index (κ1) is 15.7. The van der Waals surface area contributed by atoms with Crippen molar-refractivity contribution in [3.63, 3.8) is 0 Å². The van der Waals surface area contributed by atoms with Crippen molar-refractivity contribution in [2.45, 2.75) is 65.0 Å². The maximum Gasteiger partial charge on any atom is 0.224 e. The van der Waals surface area contributed by atoms with E-state index in [4.69, 9.17) is 0 Å². The summed E-state index contributed by atoms with van der Waals surface area (Å²) in [6.07, 6.45) is 13.3. The van der Waals surface area contributed by atoms with Gasteiger partial charge < -0.3 is 5.32 Å². The Morgan fingerprint density at radius 2 is 1.58 bits per heavy atom. The lowest BCUT2D eigenvalue weighted by Gasteiger charge is -2.02. The molecule has 0 saturated heterocycles. The van der Waals surface area contributed by atoms with Crippen LogP contribution in [0.25, 0.3) is 0 Å². The fraction of sp³-hybridized carbons (Fsp3) is 0.625. The summed E-state index contributed by atoms with van der Waals surface area (Å²) in [5, 5.41) is 2.93. The predicted octanol–water partition coefficient (Wildman–Crippen LogP) is 3.19. The van der Waals surface area contributed by atoms with Gasteiger partial charge in [-0.1, -0.05) is 51.5 Å². The van der Waals surface area contributed by atoms with E-state index in [1.165, 1.54) is 38.5 Å². The Balaban J connectivity index is 1.96. The van der Waals surface area contributed by atoms with E-state index in [2.05, 4.69) is 12.2 Å². The first-order chi connectivity index (χ1) is 9.33. The molecule has 19 heavy (non-hydrogen) atoms. The Labute approximate surface area is 117 Å². The Hall–Kier alpha value is -1.38. The number of amides is 1. The number of nitrogens with one attached hydrogen (secondary N) is 1. The number of nitrogens with zero attached hydrogens (tertiary/aromatic N) is 1. The molecule has 1 heterocycles. The van der Waals surface area contributed by atoms with Crippen LogP contribution in [-0.2, 0) is 11.5 Å². The first-order valence-corrected chi connectivity index (χ1v) is 7.53. The second-order valence-electron chi connectivity index (χ2n) is 5.02. The molecule has 0 aliphatic rings. The maximum atomic E-state index is 11.6. The molecule has 1 N–H and O–H groups in total. The van der Waals surface area contributed by atoms with Crippen LogP contribution in [0.2, 0.25) is 0 Å². The number of hydrogen-bond acceptors (Lipinski definition) is 1. The standard InChI is InChI=1S/C16H26N2O/c1-2-3-4-5-6-7-9-12-16(19)17-15-18-13-10-8-11-14-18/h8,10-11,13-14H,2-7,9,12,15H2,1H3/p+1. The van der Waals surface area contributed by atoms with E-state index < -0.39 is 0 Å². The molecule has 0 aromatic carbocycles. The van der Waals surface area contributed by atoms with Crippen molar-refractivity contribution in [1.29, 1.82) is 0 Å². The van der Waals surface area contributed by atoms with Crippen LogP contribution in [0.15, 0.2) is 30.6 Å². The van der Waals surface area contributed by atoms with Crippen LogP contribution in [0, 0.1) is 0 Å². The molecule has 0 bridgehead atoms. The van der Waals surface area contributed by atoms with Gasteiger partial charge >= 0.3 is 0 Å². The van der Waals surface area contributed by atoms with Gasteiger partial charge in [-0.05, 0) is 6.42 Å². The molecule has 0 radical (unpaired) electrons. The molecule has 0 spiro atoms.